The van der Waals surface area contributed by atoms with Crippen molar-refractivity contribution in [3.8, 4) is 5.75 Å². The van der Waals surface area contributed by atoms with E-state index >= 15 is 0 Å². The molecular formula is C12H13Cl2N3O5. The predicted molar refractivity (Wildman–Crippen MR) is 78.4 cm³/mol. The van der Waals surface area contributed by atoms with E-state index in [-0.39, 0.29) is 22.4 Å². The van der Waals surface area contributed by atoms with E-state index < -0.39 is 18.7 Å². The zero-order valence-electron chi connectivity index (χ0n) is 11.4. The average Bonchev–Trinajstić information content (AvgIpc) is 2.43. The molecule has 5 N–H and O–H groups in total. The molecule has 0 aliphatic carbocycles. The highest BCUT2D eigenvalue weighted by Gasteiger charge is 2.17. The van der Waals surface area contributed by atoms with Gasteiger partial charge in [0, 0.05) is 13.0 Å². The van der Waals surface area contributed by atoms with Crippen molar-refractivity contribution in [1.29, 1.82) is 0 Å². The Morgan fingerprint density at radius 2 is 1.91 bits per heavy atom. The maximum Gasteiger partial charge on any atom is 0.364 e. The monoisotopic (exact) mass is 349 g/mol. The third-order valence-corrected chi connectivity index (χ3v) is 2.90. The third kappa shape index (κ3) is 5.32. The van der Waals surface area contributed by atoms with E-state index in [0.717, 1.165) is 6.92 Å². The molecule has 1 aromatic rings. The maximum absolute atomic E-state index is 11.7. The van der Waals surface area contributed by atoms with Gasteiger partial charge in [0.05, 0.1) is 10.0 Å². The smallest absolute Gasteiger partial charge is 0.364 e. The first kappa shape index (κ1) is 17.9. The molecule has 0 aliphatic heterocycles. The second-order valence-electron chi connectivity index (χ2n) is 3.75. The van der Waals surface area contributed by atoms with Crippen molar-refractivity contribution < 1.29 is 23.8 Å². The van der Waals surface area contributed by atoms with E-state index in [1.165, 1.54) is 18.2 Å². The van der Waals surface area contributed by atoms with Crippen molar-refractivity contribution in [3.05, 3.63) is 39.8 Å². The second-order valence-corrected chi connectivity index (χ2v) is 4.56. The average molecular weight is 350 g/mol. The lowest BCUT2D eigenvalue weighted by Crippen LogP contribution is -2.33. The molecule has 1 rings (SSSR count). The van der Waals surface area contributed by atoms with E-state index in [0.29, 0.717) is 5.02 Å². The molecule has 8 nitrogen and oxygen atoms in total. The van der Waals surface area contributed by atoms with Crippen LogP contribution in [0.15, 0.2) is 29.8 Å². The minimum absolute atomic E-state index is 0.229. The van der Waals surface area contributed by atoms with Crippen LogP contribution in [0, 0.1) is 0 Å². The van der Waals surface area contributed by atoms with Gasteiger partial charge in [0.15, 0.2) is 5.70 Å². The quantitative estimate of drug-likeness (QED) is 0.173. The number of carbonyl (C=O) groups is 2. The Hall–Kier alpha value is -2.16. The van der Waals surface area contributed by atoms with Crippen LogP contribution in [-0.4, -0.2) is 18.7 Å². The Kier molecular flexibility index (Phi) is 6.77. The molecular weight excluding hydrogens is 337 g/mol. The fourth-order valence-electron chi connectivity index (χ4n) is 1.19. The van der Waals surface area contributed by atoms with Crippen molar-refractivity contribution >= 4 is 35.1 Å². The summed E-state index contributed by atoms with van der Waals surface area (Å²) in [5.74, 6) is 3.47. The number of benzene rings is 1. The molecule has 1 aromatic carbocycles. The van der Waals surface area contributed by atoms with Crippen LogP contribution in [-0.2, 0) is 19.1 Å². The van der Waals surface area contributed by atoms with E-state index in [4.69, 9.17) is 39.5 Å². The normalized spacial score (nSPS) is 11.3. The fraction of sp³-hybridized carbons (Fsp3) is 0.167. The molecule has 0 saturated carbocycles. The van der Waals surface area contributed by atoms with Gasteiger partial charge >= 0.3 is 11.9 Å². The lowest BCUT2D eigenvalue weighted by atomic mass is 10.3. The number of hydrazine groups is 1. The highest BCUT2D eigenvalue weighted by molar-refractivity contribution is 6.42. The van der Waals surface area contributed by atoms with Gasteiger partial charge in [-0.2, -0.15) is 0 Å². The largest absolute Gasteiger partial charge is 0.439 e. The number of hydrogen-bond acceptors (Lipinski definition) is 8. The van der Waals surface area contributed by atoms with E-state index in [2.05, 4.69) is 9.47 Å². The van der Waals surface area contributed by atoms with Crippen LogP contribution in [0.5, 0.6) is 5.75 Å². The van der Waals surface area contributed by atoms with Crippen LogP contribution in [0.25, 0.3) is 0 Å². The Morgan fingerprint density at radius 1 is 1.23 bits per heavy atom. The Balaban J connectivity index is 2.80. The summed E-state index contributed by atoms with van der Waals surface area (Å²) < 4.78 is 14.3. The highest BCUT2D eigenvalue weighted by atomic mass is 35.5. The molecule has 0 atom stereocenters. The number of esters is 2. The van der Waals surface area contributed by atoms with Crippen molar-refractivity contribution in [2.24, 2.45) is 11.6 Å². The molecule has 0 saturated heterocycles. The molecule has 10 heteroatoms. The molecule has 0 aromatic heterocycles. The summed E-state index contributed by atoms with van der Waals surface area (Å²) in [7, 11) is 0. The van der Waals surface area contributed by atoms with E-state index in [9.17, 15) is 9.59 Å². The van der Waals surface area contributed by atoms with E-state index in [1.807, 2.05) is 5.43 Å². The number of halogens is 2. The number of hydrogen-bond donors (Lipinski definition) is 3. The van der Waals surface area contributed by atoms with Crippen LogP contribution in [0.3, 0.4) is 0 Å². The highest BCUT2D eigenvalue weighted by Crippen LogP contribution is 2.27. The summed E-state index contributed by atoms with van der Waals surface area (Å²) in [5.41, 5.74) is 7.29. The topological polar surface area (TPSA) is 126 Å². The summed E-state index contributed by atoms with van der Waals surface area (Å²) in [4.78, 5) is 22.2. The van der Waals surface area contributed by atoms with Crippen LogP contribution in [0.4, 0.5) is 0 Å². The Bertz CT molecular complexity index is 606. The van der Waals surface area contributed by atoms with Gasteiger partial charge in [-0.25, -0.2) is 4.79 Å². The lowest BCUT2D eigenvalue weighted by Gasteiger charge is -2.12. The van der Waals surface area contributed by atoms with Gasteiger partial charge < -0.3 is 25.4 Å². The standard InChI is InChI=1S/C12H13Cl2N3O5/c1-6(18)20-5-21-12(19)10(17-16)11(15)22-7-2-3-8(13)9(14)4-7/h2-4,17H,5,15-16H2,1H3/b11-10+. The van der Waals surface area contributed by atoms with Gasteiger partial charge in [-0.05, 0) is 12.1 Å². The maximum atomic E-state index is 11.7. The number of carbonyl (C=O) groups excluding carboxylic acids is 2. The molecule has 0 heterocycles. The zero-order valence-corrected chi connectivity index (χ0v) is 12.9. The van der Waals surface area contributed by atoms with Gasteiger partial charge in [-0.15, -0.1) is 0 Å². The summed E-state index contributed by atoms with van der Waals surface area (Å²) in [6.45, 7) is 0.576. The summed E-state index contributed by atoms with van der Waals surface area (Å²) in [6.07, 6.45) is 0. The van der Waals surface area contributed by atoms with Crippen molar-refractivity contribution in [3.63, 3.8) is 0 Å². The first-order chi connectivity index (χ1) is 10.3. The SMILES string of the molecule is CC(=O)OCOC(=O)/C(NN)=C(/N)Oc1ccc(Cl)c(Cl)c1. The zero-order chi connectivity index (χ0) is 16.7. The number of rotatable bonds is 6. The fourth-order valence-corrected chi connectivity index (χ4v) is 1.48. The van der Waals surface area contributed by atoms with Gasteiger partial charge in [-0.3, -0.25) is 10.6 Å². The first-order valence-electron chi connectivity index (χ1n) is 5.75. The van der Waals surface area contributed by atoms with E-state index in [1.54, 1.807) is 0 Å². The lowest BCUT2D eigenvalue weighted by molar-refractivity contribution is -0.163. The number of nitrogens with two attached hydrogens (primary N) is 2. The van der Waals surface area contributed by atoms with Crippen LogP contribution >= 0.6 is 23.2 Å². The summed E-state index contributed by atoms with van der Waals surface area (Å²) in [6, 6.07) is 4.37. The van der Waals surface area contributed by atoms with Crippen LogP contribution in [0.2, 0.25) is 10.0 Å². The van der Waals surface area contributed by atoms with Gasteiger partial charge in [0.1, 0.15) is 5.75 Å². The minimum atomic E-state index is -0.971. The summed E-state index contributed by atoms with van der Waals surface area (Å²) >= 11 is 11.6. The second kappa shape index (κ2) is 8.32. The number of nitrogens with one attached hydrogen (secondary N) is 1. The Morgan fingerprint density at radius 3 is 2.45 bits per heavy atom. The Labute approximate surface area is 135 Å². The summed E-state index contributed by atoms with van der Waals surface area (Å²) in [5, 5.41) is 0.571. The van der Waals surface area contributed by atoms with Crippen LogP contribution < -0.4 is 21.7 Å². The molecule has 0 radical (unpaired) electrons. The van der Waals surface area contributed by atoms with Gasteiger partial charge in [-0.1, -0.05) is 23.2 Å². The van der Waals surface area contributed by atoms with Crippen molar-refractivity contribution in [2.45, 2.75) is 6.92 Å². The molecule has 0 bridgehead atoms. The van der Waals surface area contributed by atoms with Crippen LogP contribution in [0.1, 0.15) is 6.92 Å². The molecule has 0 amide bonds. The molecule has 120 valence electrons. The molecule has 0 fully saturated rings. The number of ether oxygens (including phenoxy) is 3. The minimum Gasteiger partial charge on any atom is -0.439 e. The molecule has 0 unspecified atom stereocenters. The van der Waals surface area contributed by atoms with Gasteiger partial charge in [0.25, 0.3) is 0 Å². The predicted octanol–water partition coefficient (Wildman–Crippen LogP) is 1.03. The van der Waals surface area contributed by atoms with Crippen molar-refractivity contribution in [1.82, 2.24) is 5.43 Å². The molecule has 22 heavy (non-hydrogen) atoms. The molecule has 0 spiro atoms. The molecule has 0 aliphatic rings. The van der Waals surface area contributed by atoms with Crippen molar-refractivity contribution in [2.75, 3.05) is 6.79 Å². The third-order valence-electron chi connectivity index (χ3n) is 2.17. The first-order valence-corrected chi connectivity index (χ1v) is 6.50. The van der Waals surface area contributed by atoms with Gasteiger partial charge in [0.2, 0.25) is 12.7 Å².